The van der Waals surface area contributed by atoms with E-state index in [1.807, 2.05) is 60.7 Å². The van der Waals surface area contributed by atoms with E-state index in [1.165, 1.54) is 0 Å². The molecular formula is C32H18BF2N3O2. The molecule has 0 aliphatic carbocycles. The molecule has 0 radical (unpaired) electrons. The van der Waals surface area contributed by atoms with Gasteiger partial charge in [0.15, 0.2) is 11.1 Å². The summed E-state index contributed by atoms with van der Waals surface area (Å²) in [5.41, 5.74) is 5.17. The highest BCUT2D eigenvalue weighted by Gasteiger charge is 2.54. The largest absolute Gasteiger partial charge is 0.738 e. The summed E-state index contributed by atoms with van der Waals surface area (Å²) in [6.45, 7) is -4.33. The number of allylic oxidation sites excluding steroid dienone is 1. The Morgan fingerprint density at radius 3 is 2.05 bits per heavy atom. The maximum absolute atomic E-state index is 16.8. The minimum absolute atomic E-state index is 0.310. The van der Waals surface area contributed by atoms with Crippen LogP contribution in [0, 0.1) is 11.3 Å². The van der Waals surface area contributed by atoms with Crippen LogP contribution < -0.4 is 15.3 Å². The molecule has 2 aliphatic rings. The zero-order chi connectivity index (χ0) is 27.0. The Balaban J connectivity index is 1.43. The van der Waals surface area contributed by atoms with Crippen molar-refractivity contribution in [1.29, 1.82) is 5.26 Å². The van der Waals surface area contributed by atoms with E-state index < -0.39 is 6.97 Å². The van der Waals surface area contributed by atoms with E-state index in [0.717, 1.165) is 20.1 Å². The van der Waals surface area contributed by atoms with E-state index in [-0.39, 0.29) is 0 Å². The molecule has 3 aromatic carbocycles. The van der Waals surface area contributed by atoms with E-state index in [4.69, 9.17) is 8.83 Å². The van der Waals surface area contributed by atoms with Crippen molar-refractivity contribution in [3.63, 3.8) is 0 Å². The van der Waals surface area contributed by atoms with Gasteiger partial charge in [-0.15, -0.1) is 0 Å². The Labute approximate surface area is 226 Å². The minimum atomic E-state index is -4.33. The van der Waals surface area contributed by atoms with Crippen molar-refractivity contribution in [2.75, 3.05) is 0 Å². The van der Waals surface area contributed by atoms with E-state index in [1.54, 1.807) is 48.5 Å². The number of aromatic nitrogens is 1. The Morgan fingerprint density at radius 1 is 0.750 bits per heavy atom. The van der Waals surface area contributed by atoms with Crippen LogP contribution in [0.4, 0.5) is 8.63 Å². The number of nitriles is 1. The lowest BCUT2D eigenvalue weighted by atomic mass is 9.86. The van der Waals surface area contributed by atoms with Crippen molar-refractivity contribution in [3.05, 3.63) is 136 Å². The number of halogens is 2. The van der Waals surface area contributed by atoms with Gasteiger partial charge in [-0.2, -0.15) is 5.26 Å². The van der Waals surface area contributed by atoms with Crippen LogP contribution in [0.5, 0.6) is 0 Å². The summed E-state index contributed by atoms with van der Waals surface area (Å²) in [6, 6.07) is 33.0. The van der Waals surface area contributed by atoms with Crippen LogP contribution in [0.1, 0.15) is 16.8 Å². The molecule has 8 heteroatoms. The van der Waals surface area contributed by atoms with Crippen molar-refractivity contribution in [2.24, 2.45) is 0 Å². The van der Waals surface area contributed by atoms with Gasteiger partial charge in [0.1, 0.15) is 17.1 Å². The highest BCUT2D eigenvalue weighted by molar-refractivity contribution is 6.65. The van der Waals surface area contributed by atoms with Crippen LogP contribution in [0.2, 0.25) is 0 Å². The lowest BCUT2D eigenvalue weighted by Gasteiger charge is -2.31. The monoisotopic (exact) mass is 525 g/mol. The van der Waals surface area contributed by atoms with Crippen LogP contribution in [-0.4, -0.2) is 11.4 Å². The third-order valence-corrected chi connectivity index (χ3v) is 7.61. The van der Waals surface area contributed by atoms with E-state index >= 15 is 8.63 Å². The number of hydrogen-bond donors (Lipinski definition) is 0. The van der Waals surface area contributed by atoms with Crippen molar-refractivity contribution >= 4 is 29.7 Å². The van der Waals surface area contributed by atoms with Gasteiger partial charge in [-0.05, 0) is 17.7 Å². The van der Waals surface area contributed by atoms with Gasteiger partial charge in [0.2, 0.25) is 5.36 Å². The molecule has 0 amide bonds. The molecular weight excluding hydrogens is 507 g/mol. The average molecular weight is 525 g/mol. The van der Waals surface area contributed by atoms with Gasteiger partial charge in [-0.25, -0.2) is 0 Å². The molecule has 0 fully saturated rings. The second-order valence-electron chi connectivity index (χ2n) is 9.90. The topological polar surface area (TPSA) is 58.0 Å². The molecule has 0 N–H and O–H groups in total. The first kappa shape index (κ1) is 22.6. The molecule has 0 atom stereocenters. The summed E-state index contributed by atoms with van der Waals surface area (Å²) >= 11 is 0. The van der Waals surface area contributed by atoms with Gasteiger partial charge >= 0.3 is 6.97 Å². The number of fused-ring (bicyclic) bond motifs is 5. The first-order chi connectivity index (χ1) is 19.5. The van der Waals surface area contributed by atoms with E-state index in [9.17, 15) is 5.26 Å². The minimum Gasteiger partial charge on any atom is -0.455 e. The predicted octanol–water partition coefficient (Wildman–Crippen LogP) is 6.01. The molecule has 3 aromatic heterocycles. The van der Waals surface area contributed by atoms with Crippen molar-refractivity contribution in [3.8, 4) is 28.7 Å². The first-order valence-corrected chi connectivity index (χ1v) is 12.8. The normalized spacial score (nSPS) is 15.0. The maximum atomic E-state index is 16.8. The second kappa shape index (κ2) is 8.04. The zero-order valence-corrected chi connectivity index (χ0v) is 20.9. The summed E-state index contributed by atoms with van der Waals surface area (Å²) in [5, 5.41) is 9.62. The summed E-state index contributed by atoms with van der Waals surface area (Å²) in [5.74, 6) is 1.04. The van der Waals surface area contributed by atoms with Gasteiger partial charge in [-0.3, -0.25) is 0 Å². The smallest absolute Gasteiger partial charge is 0.455 e. The molecule has 0 saturated carbocycles. The lowest BCUT2D eigenvalue weighted by Crippen LogP contribution is -2.56. The Bertz CT molecular complexity index is 2180. The highest BCUT2D eigenvalue weighted by Crippen LogP contribution is 2.42. The molecule has 8 rings (SSSR count). The number of benzene rings is 3. The first-order valence-electron chi connectivity index (χ1n) is 12.8. The summed E-state index contributed by atoms with van der Waals surface area (Å²) in [4.78, 5) is 0. The molecule has 40 heavy (non-hydrogen) atoms. The van der Waals surface area contributed by atoms with Gasteiger partial charge < -0.3 is 26.4 Å². The summed E-state index contributed by atoms with van der Waals surface area (Å²) in [6.07, 6.45) is 1.68. The fourth-order valence-corrected chi connectivity index (χ4v) is 5.82. The summed E-state index contributed by atoms with van der Waals surface area (Å²) in [7, 11) is 0. The van der Waals surface area contributed by atoms with Crippen LogP contribution in [0.15, 0.2) is 118 Å². The zero-order valence-electron chi connectivity index (χ0n) is 20.9. The fourth-order valence-electron chi connectivity index (χ4n) is 5.82. The van der Waals surface area contributed by atoms with Gasteiger partial charge in [0.05, 0.1) is 34.9 Å². The number of furan rings is 2. The SMILES string of the molecule is N#Cc1ccc(C2=C3C=c4oc(-c5ccccc5)cc4=[N+]3[B-](F)(F)n3c2cc2oc(-c4ccccc4)cc23)cc1. The third-order valence-electron chi connectivity index (χ3n) is 7.61. The highest BCUT2D eigenvalue weighted by atomic mass is 19.2. The molecule has 0 spiro atoms. The molecule has 0 unspecified atom stereocenters. The van der Waals surface area contributed by atoms with Crippen molar-refractivity contribution in [2.45, 2.75) is 0 Å². The van der Waals surface area contributed by atoms with E-state index in [0.29, 0.717) is 61.5 Å². The van der Waals surface area contributed by atoms with Crippen molar-refractivity contribution in [1.82, 2.24) is 8.96 Å². The fraction of sp³-hybridized carbons (Fsp3) is 0. The molecule has 0 saturated heterocycles. The van der Waals surface area contributed by atoms with Crippen molar-refractivity contribution < 1.29 is 17.5 Å². The standard InChI is InChI=1S/C32H18BF2N3O2/c34-33(35)37-24-15-28(21-7-3-1-4-8-21)39-30(24)17-26(37)32(23-13-11-20(19-36)12-14-23)27-18-31-25(38(27)33)16-29(40-31)22-9-5-2-6-10-22/h1-18H. The summed E-state index contributed by atoms with van der Waals surface area (Å²) < 4.78 is 48.0. The van der Waals surface area contributed by atoms with Crippen LogP contribution in [0.3, 0.4) is 0 Å². The predicted molar refractivity (Wildman–Crippen MR) is 149 cm³/mol. The number of rotatable bonds is 3. The molecule has 190 valence electrons. The lowest BCUT2D eigenvalue weighted by molar-refractivity contribution is 0.513. The Hall–Kier alpha value is -5.42. The molecule has 0 bridgehead atoms. The van der Waals surface area contributed by atoms with E-state index in [2.05, 4.69) is 6.07 Å². The molecule has 6 aromatic rings. The van der Waals surface area contributed by atoms with Crippen LogP contribution in [0.25, 0.3) is 45.4 Å². The van der Waals surface area contributed by atoms with Crippen LogP contribution >= 0.6 is 0 Å². The van der Waals surface area contributed by atoms with Crippen LogP contribution in [-0.2, 0) is 0 Å². The Kier molecular flexibility index (Phi) is 4.54. The maximum Gasteiger partial charge on any atom is 0.738 e. The third kappa shape index (κ3) is 3.09. The molecule has 5 heterocycles. The van der Waals surface area contributed by atoms with Gasteiger partial charge in [-0.1, -0.05) is 72.8 Å². The molecule has 2 aliphatic heterocycles. The number of hydrogen-bond acceptors (Lipinski definition) is 3. The quantitative estimate of drug-likeness (QED) is 0.266. The van der Waals surface area contributed by atoms with Gasteiger partial charge in [0.25, 0.3) is 0 Å². The number of nitrogens with zero attached hydrogens (tertiary/aromatic N) is 3. The Morgan fingerprint density at radius 2 is 1.40 bits per heavy atom. The second-order valence-corrected chi connectivity index (χ2v) is 9.90. The van der Waals surface area contributed by atoms with Gasteiger partial charge in [0, 0.05) is 29.0 Å². The average Bonchev–Trinajstić information content (AvgIpc) is 3.73. The molecule has 5 nitrogen and oxygen atoms in total.